The van der Waals surface area contributed by atoms with E-state index in [-0.39, 0.29) is 12.2 Å². The predicted molar refractivity (Wildman–Crippen MR) is 72.2 cm³/mol. The summed E-state index contributed by atoms with van der Waals surface area (Å²) in [5.74, 6) is -0.557. The minimum atomic E-state index is -4.37. The molecule has 0 bridgehead atoms. The molecule has 2 rings (SSSR count). The van der Waals surface area contributed by atoms with Gasteiger partial charge in [-0.2, -0.15) is 13.2 Å². The van der Waals surface area contributed by atoms with Crippen LogP contribution < -0.4 is 5.32 Å². The Morgan fingerprint density at radius 1 is 1.43 bits per heavy atom. The fraction of sp³-hybridized carbons (Fsp3) is 0.231. The van der Waals surface area contributed by atoms with E-state index in [4.69, 9.17) is 0 Å². The predicted octanol–water partition coefficient (Wildman–Crippen LogP) is 3.56. The van der Waals surface area contributed by atoms with Crippen LogP contribution >= 0.6 is 11.3 Å². The van der Waals surface area contributed by atoms with Crippen LogP contribution in [0.3, 0.4) is 0 Å². The van der Waals surface area contributed by atoms with Crippen molar-refractivity contribution in [3.63, 3.8) is 0 Å². The van der Waals surface area contributed by atoms with Crippen molar-refractivity contribution in [3.05, 3.63) is 46.5 Å². The Kier molecular flexibility index (Phi) is 4.46. The highest BCUT2D eigenvalue weighted by molar-refractivity contribution is 7.13. The molecule has 0 unspecified atom stereocenters. The molecule has 4 nitrogen and oxygen atoms in total. The zero-order chi connectivity index (χ0) is 15.5. The van der Waals surface area contributed by atoms with Crippen molar-refractivity contribution in [2.45, 2.75) is 12.7 Å². The van der Waals surface area contributed by atoms with E-state index in [1.165, 1.54) is 29.9 Å². The molecule has 1 heterocycles. The minimum absolute atomic E-state index is 0.161. The molecule has 1 aromatic carbocycles. The molecule has 0 spiro atoms. The molecule has 0 saturated heterocycles. The Bertz CT molecular complexity index is 640. The quantitative estimate of drug-likeness (QED) is 0.876. The maximum absolute atomic E-state index is 12.6. The van der Waals surface area contributed by atoms with Gasteiger partial charge in [0.15, 0.2) is 10.8 Å². The molecule has 8 heteroatoms. The number of esters is 1. The fourth-order valence-corrected chi connectivity index (χ4v) is 2.27. The second-order valence-electron chi connectivity index (χ2n) is 4.08. The molecule has 0 aliphatic carbocycles. The molecule has 0 aliphatic rings. The molecule has 2 aromatic rings. The van der Waals surface area contributed by atoms with Crippen molar-refractivity contribution in [2.75, 3.05) is 12.4 Å². The zero-order valence-corrected chi connectivity index (χ0v) is 11.7. The number of methoxy groups -OCH3 is 1. The van der Waals surface area contributed by atoms with E-state index in [1.54, 1.807) is 6.07 Å². The summed E-state index contributed by atoms with van der Waals surface area (Å²) in [6.07, 6.45) is -4.37. The number of rotatable bonds is 4. The summed E-state index contributed by atoms with van der Waals surface area (Å²) < 4.78 is 42.3. The van der Waals surface area contributed by atoms with Crippen molar-refractivity contribution >= 4 is 22.4 Å². The second-order valence-corrected chi connectivity index (χ2v) is 4.94. The zero-order valence-electron chi connectivity index (χ0n) is 10.9. The van der Waals surface area contributed by atoms with Gasteiger partial charge in [-0.3, -0.25) is 0 Å². The summed E-state index contributed by atoms with van der Waals surface area (Å²) in [5.41, 5.74) is -0.0649. The Balaban J connectivity index is 2.03. The first-order chi connectivity index (χ1) is 9.90. The lowest BCUT2D eigenvalue weighted by atomic mass is 10.1. The van der Waals surface area contributed by atoms with E-state index >= 15 is 0 Å². The number of hydrogen-bond acceptors (Lipinski definition) is 5. The number of carbonyl (C=O) groups is 1. The number of thiazole rings is 1. The maximum Gasteiger partial charge on any atom is 0.416 e. The number of nitrogens with one attached hydrogen (secondary N) is 1. The van der Waals surface area contributed by atoms with Crippen LogP contribution in [0, 0.1) is 0 Å². The number of anilines is 1. The summed E-state index contributed by atoms with van der Waals surface area (Å²) >= 11 is 1.18. The summed E-state index contributed by atoms with van der Waals surface area (Å²) in [5, 5.41) is 4.82. The first kappa shape index (κ1) is 15.3. The topological polar surface area (TPSA) is 51.2 Å². The van der Waals surface area contributed by atoms with Crippen molar-refractivity contribution in [1.82, 2.24) is 4.98 Å². The van der Waals surface area contributed by atoms with Gasteiger partial charge in [-0.25, -0.2) is 9.78 Å². The molecule has 0 radical (unpaired) electrons. The average Bonchev–Trinajstić information content (AvgIpc) is 2.92. The first-order valence-corrected chi connectivity index (χ1v) is 6.72. The number of aromatic nitrogens is 1. The van der Waals surface area contributed by atoms with Gasteiger partial charge in [0.1, 0.15) is 0 Å². The SMILES string of the molecule is COC(=O)c1csc(NCc2cccc(C(F)(F)F)c2)n1. The molecule has 1 aromatic heterocycles. The van der Waals surface area contributed by atoms with Crippen LogP contribution in [0.25, 0.3) is 0 Å². The second kappa shape index (κ2) is 6.13. The third kappa shape index (κ3) is 3.94. The Morgan fingerprint density at radius 2 is 2.19 bits per heavy atom. The minimum Gasteiger partial charge on any atom is -0.464 e. The van der Waals surface area contributed by atoms with Gasteiger partial charge in [0, 0.05) is 11.9 Å². The number of alkyl halides is 3. The molecular weight excluding hydrogens is 305 g/mol. The van der Waals surface area contributed by atoms with Gasteiger partial charge in [0.05, 0.1) is 12.7 Å². The van der Waals surface area contributed by atoms with Crippen molar-refractivity contribution in [3.8, 4) is 0 Å². The van der Waals surface area contributed by atoms with Crippen LogP contribution in [-0.4, -0.2) is 18.1 Å². The fourth-order valence-electron chi connectivity index (χ4n) is 1.59. The molecule has 0 fully saturated rings. The van der Waals surface area contributed by atoms with Gasteiger partial charge in [0.2, 0.25) is 0 Å². The average molecular weight is 316 g/mol. The standard InChI is InChI=1S/C13H11F3N2O2S/c1-20-11(19)10-7-21-12(18-10)17-6-8-3-2-4-9(5-8)13(14,15)16/h2-5,7H,6H2,1H3,(H,17,18). The normalized spacial score (nSPS) is 11.2. The molecule has 0 amide bonds. The highest BCUT2D eigenvalue weighted by atomic mass is 32.1. The first-order valence-electron chi connectivity index (χ1n) is 5.84. The largest absolute Gasteiger partial charge is 0.464 e. The number of nitrogens with zero attached hydrogens (tertiary/aromatic N) is 1. The smallest absolute Gasteiger partial charge is 0.416 e. The molecule has 21 heavy (non-hydrogen) atoms. The van der Waals surface area contributed by atoms with Crippen molar-refractivity contribution in [2.24, 2.45) is 0 Å². The van der Waals surface area contributed by atoms with E-state index in [2.05, 4.69) is 15.0 Å². The van der Waals surface area contributed by atoms with Gasteiger partial charge in [-0.1, -0.05) is 12.1 Å². The van der Waals surface area contributed by atoms with Gasteiger partial charge in [-0.15, -0.1) is 11.3 Å². The van der Waals surface area contributed by atoms with E-state index in [1.807, 2.05) is 0 Å². The molecular formula is C13H11F3N2O2S. The molecule has 112 valence electrons. The maximum atomic E-state index is 12.6. The van der Waals surface area contributed by atoms with Crippen molar-refractivity contribution < 1.29 is 22.7 Å². The lowest BCUT2D eigenvalue weighted by Crippen LogP contribution is -2.07. The molecule has 1 N–H and O–H groups in total. The van der Waals surface area contributed by atoms with Crippen LogP contribution in [-0.2, 0) is 17.5 Å². The van der Waals surface area contributed by atoms with Crippen LogP contribution in [0.1, 0.15) is 21.6 Å². The monoisotopic (exact) mass is 316 g/mol. The summed E-state index contributed by atoms with van der Waals surface area (Å²) in [7, 11) is 1.25. The van der Waals surface area contributed by atoms with Gasteiger partial charge >= 0.3 is 12.1 Å². The molecule has 0 atom stereocenters. The van der Waals surface area contributed by atoms with E-state index in [0.29, 0.717) is 10.7 Å². The number of ether oxygens (including phenoxy) is 1. The Labute approximate surface area is 122 Å². The lowest BCUT2D eigenvalue weighted by molar-refractivity contribution is -0.137. The Hall–Kier alpha value is -2.09. The van der Waals surface area contributed by atoms with Crippen LogP contribution in [0.4, 0.5) is 18.3 Å². The Morgan fingerprint density at radius 3 is 2.86 bits per heavy atom. The summed E-state index contributed by atoms with van der Waals surface area (Å²) in [6, 6.07) is 5.02. The third-order valence-electron chi connectivity index (χ3n) is 2.60. The van der Waals surface area contributed by atoms with Crippen LogP contribution in [0.2, 0.25) is 0 Å². The number of benzene rings is 1. The molecule has 0 saturated carbocycles. The van der Waals surface area contributed by atoms with E-state index in [0.717, 1.165) is 12.1 Å². The lowest BCUT2D eigenvalue weighted by Gasteiger charge is -2.09. The number of hydrogen-bond donors (Lipinski definition) is 1. The summed E-state index contributed by atoms with van der Waals surface area (Å²) in [4.78, 5) is 15.2. The summed E-state index contributed by atoms with van der Waals surface area (Å²) in [6.45, 7) is 0.179. The van der Waals surface area contributed by atoms with Crippen LogP contribution in [0.15, 0.2) is 29.6 Å². The van der Waals surface area contributed by atoms with Gasteiger partial charge in [-0.05, 0) is 17.7 Å². The number of halogens is 3. The number of carbonyl (C=O) groups excluding carboxylic acids is 1. The van der Waals surface area contributed by atoms with Crippen molar-refractivity contribution in [1.29, 1.82) is 0 Å². The van der Waals surface area contributed by atoms with Gasteiger partial charge in [0.25, 0.3) is 0 Å². The van der Waals surface area contributed by atoms with E-state index < -0.39 is 17.7 Å². The third-order valence-corrected chi connectivity index (χ3v) is 3.40. The van der Waals surface area contributed by atoms with E-state index in [9.17, 15) is 18.0 Å². The van der Waals surface area contributed by atoms with Gasteiger partial charge < -0.3 is 10.1 Å². The van der Waals surface area contributed by atoms with Crippen LogP contribution in [0.5, 0.6) is 0 Å². The highest BCUT2D eigenvalue weighted by Gasteiger charge is 2.30. The molecule has 0 aliphatic heterocycles. The highest BCUT2D eigenvalue weighted by Crippen LogP contribution is 2.29.